The zero-order valence-corrected chi connectivity index (χ0v) is 21.0. The van der Waals surface area contributed by atoms with E-state index in [9.17, 15) is 9.59 Å². The molecule has 33 heavy (non-hydrogen) atoms. The minimum Gasteiger partial charge on any atom is -0.497 e. The summed E-state index contributed by atoms with van der Waals surface area (Å²) < 4.78 is 10.6. The van der Waals surface area contributed by atoms with Crippen LogP contribution in [-0.4, -0.2) is 35.9 Å². The van der Waals surface area contributed by atoms with Crippen molar-refractivity contribution in [1.82, 2.24) is 5.43 Å². The van der Waals surface area contributed by atoms with Crippen LogP contribution in [0, 0.1) is 0 Å². The summed E-state index contributed by atoms with van der Waals surface area (Å²) >= 11 is 1.73. The fourth-order valence-corrected chi connectivity index (χ4v) is 3.97. The lowest BCUT2D eigenvalue weighted by molar-refractivity contribution is -0.121. The molecule has 0 aromatic heterocycles. The number of Topliss-reactive ketones (excluding diaryl/α,β-unsaturated/α-hetero) is 1. The van der Waals surface area contributed by atoms with E-state index in [0.29, 0.717) is 25.9 Å². The van der Waals surface area contributed by atoms with E-state index in [1.54, 1.807) is 25.8 Å². The van der Waals surface area contributed by atoms with Crippen molar-refractivity contribution in [3.05, 3.63) is 59.7 Å². The van der Waals surface area contributed by atoms with Gasteiger partial charge in [0.25, 0.3) is 0 Å². The highest BCUT2D eigenvalue weighted by Crippen LogP contribution is 2.31. The first-order chi connectivity index (χ1) is 15.7. The number of rotatable bonds is 13. The molecule has 0 saturated carbocycles. The number of amides is 1. The van der Waals surface area contributed by atoms with E-state index in [4.69, 9.17) is 9.47 Å². The Hall–Kier alpha value is -2.80. The van der Waals surface area contributed by atoms with Crippen LogP contribution in [0.15, 0.2) is 53.6 Å². The Kier molecular flexibility index (Phi) is 10.5. The molecule has 0 radical (unpaired) electrons. The third-order valence-electron chi connectivity index (χ3n) is 4.94. The molecule has 0 heterocycles. The second-order valence-electron chi connectivity index (χ2n) is 8.48. The van der Waals surface area contributed by atoms with Gasteiger partial charge in [0.15, 0.2) is 0 Å². The van der Waals surface area contributed by atoms with Crippen molar-refractivity contribution in [3.63, 3.8) is 0 Å². The number of thioether (sulfide) groups is 1. The van der Waals surface area contributed by atoms with Crippen LogP contribution >= 0.6 is 11.8 Å². The minimum absolute atomic E-state index is 0.119. The van der Waals surface area contributed by atoms with Crippen LogP contribution in [0.2, 0.25) is 0 Å². The number of benzene rings is 2. The molecule has 2 aromatic carbocycles. The molecule has 7 heteroatoms. The molecule has 0 spiro atoms. The molecular formula is C26H34N2O4S. The van der Waals surface area contributed by atoms with Crippen molar-refractivity contribution in [1.29, 1.82) is 0 Å². The SMILES string of the molecule is COc1ccc(CSC(C)(C)CC(=O)N/N=C(\C)c2ccc(OCCCC(C)=O)cc2)cc1. The van der Waals surface area contributed by atoms with E-state index < -0.39 is 0 Å². The minimum atomic E-state index is -0.227. The van der Waals surface area contributed by atoms with Gasteiger partial charge in [-0.2, -0.15) is 16.9 Å². The summed E-state index contributed by atoms with van der Waals surface area (Å²) in [6.45, 7) is 8.07. The topological polar surface area (TPSA) is 77.0 Å². The van der Waals surface area contributed by atoms with Crippen LogP contribution in [0.25, 0.3) is 0 Å². The summed E-state index contributed by atoms with van der Waals surface area (Å²) in [5, 5.41) is 4.26. The number of hydrogen-bond acceptors (Lipinski definition) is 6. The second-order valence-corrected chi connectivity index (χ2v) is 10.2. The molecule has 0 fully saturated rings. The predicted octanol–water partition coefficient (Wildman–Crippen LogP) is 5.39. The highest BCUT2D eigenvalue weighted by molar-refractivity contribution is 7.99. The third-order valence-corrected chi connectivity index (χ3v) is 6.34. The summed E-state index contributed by atoms with van der Waals surface area (Å²) in [5.74, 6) is 2.45. The number of hydrogen-bond donors (Lipinski definition) is 1. The summed E-state index contributed by atoms with van der Waals surface area (Å²) in [4.78, 5) is 23.4. The number of carbonyl (C=O) groups excluding carboxylic acids is 2. The maximum atomic E-state index is 12.4. The summed E-state index contributed by atoms with van der Waals surface area (Å²) in [7, 11) is 1.65. The average Bonchev–Trinajstić information content (AvgIpc) is 2.79. The quantitative estimate of drug-likeness (QED) is 0.241. The fraction of sp³-hybridized carbons (Fsp3) is 0.423. The van der Waals surface area contributed by atoms with Gasteiger partial charge in [0.05, 0.1) is 19.4 Å². The van der Waals surface area contributed by atoms with Crippen LogP contribution in [0.4, 0.5) is 0 Å². The third kappa shape index (κ3) is 10.1. The van der Waals surface area contributed by atoms with Crippen molar-refractivity contribution < 1.29 is 19.1 Å². The van der Waals surface area contributed by atoms with Crippen LogP contribution in [0.3, 0.4) is 0 Å². The number of ether oxygens (including phenoxy) is 2. The zero-order chi connectivity index (χ0) is 24.3. The van der Waals surface area contributed by atoms with Gasteiger partial charge >= 0.3 is 0 Å². The molecule has 0 saturated heterocycles. The first-order valence-corrected chi connectivity index (χ1v) is 12.0. The van der Waals surface area contributed by atoms with Gasteiger partial charge in [-0.25, -0.2) is 5.43 Å². The molecule has 0 bridgehead atoms. The Balaban J connectivity index is 1.79. The van der Waals surface area contributed by atoms with Gasteiger partial charge < -0.3 is 14.3 Å². The Labute approximate surface area is 201 Å². The summed E-state index contributed by atoms with van der Waals surface area (Å²) in [5.41, 5.74) is 5.48. The Bertz CT molecular complexity index is 938. The highest BCUT2D eigenvalue weighted by atomic mass is 32.2. The lowest BCUT2D eigenvalue weighted by atomic mass is 10.1. The van der Waals surface area contributed by atoms with Crippen LogP contribution < -0.4 is 14.9 Å². The van der Waals surface area contributed by atoms with E-state index in [0.717, 1.165) is 28.5 Å². The molecule has 0 aliphatic carbocycles. The zero-order valence-electron chi connectivity index (χ0n) is 20.1. The molecule has 0 aliphatic heterocycles. The van der Waals surface area contributed by atoms with Crippen molar-refractivity contribution in [2.24, 2.45) is 5.10 Å². The molecule has 6 nitrogen and oxygen atoms in total. The average molecular weight is 471 g/mol. The maximum absolute atomic E-state index is 12.4. The molecule has 2 rings (SSSR count). The lowest BCUT2D eigenvalue weighted by Gasteiger charge is -2.23. The molecule has 1 N–H and O–H groups in total. The molecule has 0 aliphatic rings. The lowest BCUT2D eigenvalue weighted by Crippen LogP contribution is -2.28. The van der Waals surface area contributed by atoms with Gasteiger partial charge in [0.2, 0.25) is 5.91 Å². The van der Waals surface area contributed by atoms with Crippen molar-refractivity contribution in [3.8, 4) is 11.5 Å². The second kappa shape index (κ2) is 13.0. The largest absolute Gasteiger partial charge is 0.497 e. The highest BCUT2D eigenvalue weighted by Gasteiger charge is 2.22. The standard InChI is InChI=1S/C26H34N2O4S/c1-19(29)7-6-16-32-24-14-10-22(11-15-24)20(2)27-28-25(30)17-26(3,4)33-18-21-8-12-23(31-5)13-9-21/h8-15H,6-7,16-18H2,1-5H3,(H,28,30)/b27-20+. The summed E-state index contributed by atoms with van der Waals surface area (Å²) in [6, 6.07) is 15.5. The molecule has 2 aromatic rings. The Morgan fingerprint density at radius 2 is 1.64 bits per heavy atom. The molecular weight excluding hydrogens is 436 g/mol. The number of carbonyl (C=O) groups is 2. The van der Waals surface area contributed by atoms with Gasteiger partial charge in [-0.15, -0.1) is 0 Å². The van der Waals surface area contributed by atoms with Gasteiger partial charge in [0, 0.05) is 23.3 Å². The monoisotopic (exact) mass is 470 g/mol. The van der Waals surface area contributed by atoms with E-state index in [1.165, 1.54) is 5.56 Å². The number of nitrogens with one attached hydrogen (secondary N) is 1. The van der Waals surface area contributed by atoms with Gasteiger partial charge in [-0.05, 0) is 67.8 Å². The molecule has 178 valence electrons. The van der Waals surface area contributed by atoms with Crippen molar-refractivity contribution >= 4 is 29.2 Å². The van der Waals surface area contributed by atoms with E-state index in [1.807, 2.05) is 55.5 Å². The van der Waals surface area contributed by atoms with Crippen LogP contribution in [0.1, 0.15) is 58.1 Å². The van der Waals surface area contributed by atoms with Gasteiger partial charge in [-0.1, -0.05) is 26.0 Å². The summed E-state index contributed by atoms with van der Waals surface area (Å²) in [6.07, 6.45) is 1.59. The Morgan fingerprint density at radius 3 is 2.24 bits per heavy atom. The van der Waals surface area contributed by atoms with Crippen molar-refractivity contribution in [2.45, 2.75) is 57.5 Å². The first-order valence-electron chi connectivity index (χ1n) is 11.0. The van der Waals surface area contributed by atoms with Crippen LogP contribution in [0.5, 0.6) is 11.5 Å². The number of nitrogens with zero attached hydrogens (tertiary/aromatic N) is 1. The Morgan fingerprint density at radius 1 is 1.00 bits per heavy atom. The molecule has 0 unspecified atom stereocenters. The predicted molar refractivity (Wildman–Crippen MR) is 135 cm³/mol. The smallest absolute Gasteiger partial charge is 0.241 e. The van der Waals surface area contributed by atoms with Crippen molar-refractivity contribution in [2.75, 3.05) is 13.7 Å². The molecule has 1 amide bonds. The van der Waals surface area contributed by atoms with E-state index >= 15 is 0 Å². The first kappa shape index (κ1) is 26.5. The molecule has 0 atom stereocenters. The van der Waals surface area contributed by atoms with Gasteiger partial charge in [-0.3, -0.25) is 4.79 Å². The fourth-order valence-electron chi connectivity index (χ4n) is 2.99. The maximum Gasteiger partial charge on any atom is 0.241 e. The van der Waals surface area contributed by atoms with Crippen LogP contribution in [-0.2, 0) is 15.3 Å². The van der Waals surface area contributed by atoms with E-state index in [-0.39, 0.29) is 16.4 Å². The normalized spacial score (nSPS) is 11.7. The van der Waals surface area contributed by atoms with E-state index in [2.05, 4.69) is 24.4 Å². The van der Waals surface area contributed by atoms with Gasteiger partial charge in [0.1, 0.15) is 17.3 Å². The number of methoxy groups -OCH3 is 1. The number of hydrazone groups is 1. The number of ketones is 1.